The second kappa shape index (κ2) is 3.93. The van der Waals surface area contributed by atoms with Crippen molar-refractivity contribution in [3.05, 3.63) is 29.3 Å². The van der Waals surface area contributed by atoms with E-state index in [1.54, 1.807) is 12.1 Å². The molecule has 0 saturated carbocycles. The smallest absolute Gasteiger partial charge is 0.221 e. The Morgan fingerprint density at radius 1 is 1.40 bits per heavy atom. The van der Waals surface area contributed by atoms with Gasteiger partial charge in [-0.25, -0.2) is 0 Å². The molecule has 3 nitrogen and oxygen atoms in total. The van der Waals surface area contributed by atoms with Crippen molar-refractivity contribution in [2.45, 2.75) is 32.6 Å². The Bertz CT molecular complexity index is 378. The van der Waals surface area contributed by atoms with E-state index in [2.05, 4.69) is 20.8 Å². The minimum absolute atomic E-state index is 0.0112. The van der Waals surface area contributed by atoms with Crippen molar-refractivity contribution in [3.63, 3.8) is 0 Å². The van der Waals surface area contributed by atoms with Gasteiger partial charge in [0.25, 0.3) is 0 Å². The molecule has 0 aliphatic heterocycles. The number of aromatic hydroxyl groups is 1. The number of rotatable bonds is 2. The van der Waals surface area contributed by atoms with Crippen LogP contribution in [0.25, 0.3) is 0 Å². The molecule has 1 amide bonds. The third-order valence-electron chi connectivity index (χ3n) is 2.32. The molecule has 1 aromatic rings. The van der Waals surface area contributed by atoms with Gasteiger partial charge >= 0.3 is 0 Å². The molecule has 0 unspecified atom stereocenters. The Kier molecular flexibility index (Phi) is 3.03. The number of phenols is 1. The summed E-state index contributed by atoms with van der Waals surface area (Å²) in [5.74, 6) is -0.296. The van der Waals surface area contributed by atoms with Gasteiger partial charge in [0.2, 0.25) is 5.91 Å². The van der Waals surface area contributed by atoms with E-state index in [1.165, 1.54) is 0 Å². The average molecular weight is 207 g/mol. The summed E-state index contributed by atoms with van der Waals surface area (Å²) in [5, 5.41) is 9.70. The summed E-state index contributed by atoms with van der Waals surface area (Å²) in [6.07, 6.45) is 0.0796. The first-order chi connectivity index (χ1) is 6.80. The van der Waals surface area contributed by atoms with Crippen molar-refractivity contribution in [1.29, 1.82) is 0 Å². The third kappa shape index (κ3) is 2.98. The molecule has 0 atom stereocenters. The van der Waals surface area contributed by atoms with Crippen molar-refractivity contribution in [2.75, 3.05) is 0 Å². The van der Waals surface area contributed by atoms with Crippen LogP contribution in [0.15, 0.2) is 18.2 Å². The molecule has 15 heavy (non-hydrogen) atoms. The van der Waals surface area contributed by atoms with Crippen molar-refractivity contribution in [1.82, 2.24) is 0 Å². The predicted octanol–water partition coefficient (Wildman–Crippen LogP) is 1.72. The quantitative estimate of drug-likeness (QED) is 0.775. The number of hydrogen-bond acceptors (Lipinski definition) is 2. The number of phenolic OH excluding ortho intramolecular Hbond substituents is 1. The van der Waals surface area contributed by atoms with Crippen LogP contribution in [-0.4, -0.2) is 11.0 Å². The molecule has 0 spiro atoms. The Morgan fingerprint density at radius 3 is 2.40 bits per heavy atom. The maximum Gasteiger partial charge on any atom is 0.221 e. The predicted molar refractivity (Wildman–Crippen MR) is 59.7 cm³/mol. The Hall–Kier alpha value is -1.51. The van der Waals surface area contributed by atoms with Gasteiger partial charge in [0.15, 0.2) is 0 Å². The van der Waals surface area contributed by atoms with Gasteiger partial charge in [0, 0.05) is 5.56 Å². The van der Waals surface area contributed by atoms with E-state index in [4.69, 9.17) is 5.73 Å². The molecule has 0 aromatic heterocycles. The van der Waals surface area contributed by atoms with Gasteiger partial charge in [-0.2, -0.15) is 0 Å². The van der Waals surface area contributed by atoms with Gasteiger partial charge in [-0.15, -0.1) is 0 Å². The Morgan fingerprint density at radius 2 is 2.00 bits per heavy atom. The molecule has 82 valence electrons. The highest BCUT2D eigenvalue weighted by Crippen LogP contribution is 2.27. The molecule has 0 bridgehead atoms. The van der Waals surface area contributed by atoms with Crippen LogP contribution in [0.3, 0.4) is 0 Å². The zero-order valence-electron chi connectivity index (χ0n) is 9.37. The van der Waals surface area contributed by atoms with Crippen LogP contribution >= 0.6 is 0 Å². The van der Waals surface area contributed by atoms with E-state index < -0.39 is 5.91 Å². The monoisotopic (exact) mass is 207 g/mol. The van der Waals surface area contributed by atoms with Crippen LogP contribution in [0.1, 0.15) is 31.9 Å². The number of carbonyl (C=O) groups excluding carboxylic acids is 1. The lowest BCUT2D eigenvalue weighted by atomic mass is 9.86. The maximum absolute atomic E-state index is 10.7. The second-order valence-corrected chi connectivity index (χ2v) is 4.74. The van der Waals surface area contributed by atoms with Gasteiger partial charge in [0.05, 0.1) is 6.42 Å². The zero-order chi connectivity index (χ0) is 11.6. The standard InChI is InChI=1S/C12H17NO2/c1-12(2,3)9-5-4-8(6-11(13)15)10(14)7-9/h4-5,7,14H,6H2,1-3H3,(H2,13,15). The van der Waals surface area contributed by atoms with E-state index >= 15 is 0 Å². The molecule has 3 N–H and O–H groups in total. The van der Waals surface area contributed by atoms with Gasteiger partial charge in [0.1, 0.15) is 5.75 Å². The fourth-order valence-electron chi connectivity index (χ4n) is 1.37. The van der Waals surface area contributed by atoms with Crippen molar-refractivity contribution in [3.8, 4) is 5.75 Å². The molecule has 0 aliphatic carbocycles. The van der Waals surface area contributed by atoms with Gasteiger partial charge in [-0.3, -0.25) is 4.79 Å². The maximum atomic E-state index is 10.7. The normalized spacial score (nSPS) is 11.4. The molecule has 0 saturated heterocycles. The fraction of sp³-hybridized carbons (Fsp3) is 0.417. The first kappa shape index (κ1) is 11.6. The van der Waals surface area contributed by atoms with Crippen molar-refractivity contribution in [2.24, 2.45) is 5.73 Å². The topological polar surface area (TPSA) is 63.3 Å². The molecule has 0 radical (unpaired) electrons. The zero-order valence-corrected chi connectivity index (χ0v) is 9.37. The minimum atomic E-state index is -0.436. The summed E-state index contributed by atoms with van der Waals surface area (Å²) in [6.45, 7) is 6.20. The number of amides is 1. The molecular weight excluding hydrogens is 190 g/mol. The average Bonchev–Trinajstić information content (AvgIpc) is 2.05. The summed E-state index contributed by atoms with van der Waals surface area (Å²) in [4.78, 5) is 10.7. The number of primary amides is 1. The van der Waals surface area contributed by atoms with Crippen molar-refractivity contribution >= 4 is 5.91 Å². The summed E-state index contributed by atoms with van der Waals surface area (Å²) in [6, 6.07) is 5.36. The van der Waals surface area contributed by atoms with Gasteiger partial charge in [-0.05, 0) is 17.0 Å². The number of hydrogen-bond donors (Lipinski definition) is 2. The lowest BCUT2D eigenvalue weighted by molar-refractivity contribution is -0.117. The van der Waals surface area contributed by atoms with E-state index in [1.807, 2.05) is 6.07 Å². The lowest BCUT2D eigenvalue weighted by Crippen LogP contribution is -2.15. The van der Waals surface area contributed by atoms with E-state index in [-0.39, 0.29) is 17.6 Å². The van der Waals surface area contributed by atoms with Gasteiger partial charge < -0.3 is 10.8 Å². The van der Waals surface area contributed by atoms with Crippen LogP contribution < -0.4 is 5.73 Å². The van der Waals surface area contributed by atoms with Crippen LogP contribution in [0.4, 0.5) is 0 Å². The fourth-order valence-corrected chi connectivity index (χ4v) is 1.37. The molecule has 1 aromatic carbocycles. The van der Waals surface area contributed by atoms with Gasteiger partial charge in [-0.1, -0.05) is 32.9 Å². The van der Waals surface area contributed by atoms with E-state index in [9.17, 15) is 9.90 Å². The molecular formula is C12H17NO2. The second-order valence-electron chi connectivity index (χ2n) is 4.74. The van der Waals surface area contributed by atoms with E-state index in [0.717, 1.165) is 5.56 Å². The Labute approximate surface area is 89.9 Å². The first-order valence-corrected chi connectivity index (χ1v) is 4.91. The number of benzene rings is 1. The summed E-state index contributed by atoms with van der Waals surface area (Å²) in [5.41, 5.74) is 6.67. The number of carbonyl (C=O) groups is 1. The Balaban J connectivity index is 3.03. The molecule has 1 rings (SSSR count). The largest absolute Gasteiger partial charge is 0.508 e. The highest BCUT2D eigenvalue weighted by molar-refractivity contribution is 5.77. The highest BCUT2D eigenvalue weighted by atomic mass is 16.3. The van der Waals surface area contributed by atoms with Crippen molar-refractivity contribution < 1.29 is 9.90 Å². The van der Waals surface area contributed by atoms with Crippen LogP contribution in [0.5, 0.6) is 5.75 Å². The minimum Gasteiger partial charge on any atom is -0.508 e. The summed E-state index contributed by atoms with van der Waals surface area (Å²) in [7, 11) is 0. The van der Waals surface area contributed by atoms with Crippen LogP contribution in [-0.2, 0) is 16.6 Å². The van der Waals surface area contributed by atoms with Crippen LogP contribution in [0.2, 0.25) is 0 Å². The third-order valence-corrected chi connectivity index (χ3v) is 2.32. The van der Waals surface area contributed by atoms with E-state index in [0.29, 0.717) is 5.56 Å². The molecule has 0 aliphatic rings. The SMILES string of the molecule is CC(C)(C)c1ccc(CC(N)=O)c(O)c1. The van der Waals surface area contributed by atoms with Crippen LogP contribution in [0, 0.1) is 0 Å². The summed E-state index contributed by atoms with van der Waals surface area (Å²) < 4.78 is 0. The first-order valence-electron chi connectivity index (χ1n) is 4.91. The molecule has 0 heterocycles. The highest BCUT2D eigenvalue weighted by Gasteiger charge is 2.15. The molecule has 3 heteroatoms. The number of nitrogens with two attached hydrogens (primary N) is 1. The summed E-state index contributed by atoms with van der Waals surface area (Å²) >= 11 is 0. The lowest BCUT2D eigenvalue weighted by Gasteiger charge is -2.19. The molecule has 0 fully saturated rings.